The number of benzene rings is 1. The number of carbonyl (C=O) groups excluding carboxylic acids is 2. The van der Waals surface area contributed by atoms with Gasteiger partial charge in [-0.25, -0.2) is 0 Å². The highest BCUT2D eigenvalue weighted by Crippen LogP contribution is 2.26. The zero-order valence-corrected chi connectivity index (χ0v) is 12.4. The van der Waals surface area contributed by atoms with Crippen molar-refractivity contribution in [1.82, 2.24) is 4.90 Å². The third-order valence-corrected chi connectivity index (χ3v) is 4.48. The van der Waals surface area contributed by atoms with Gasteiger partial charge in [-0.2, -0.15) is 0 Å². The van der Waals surface area contributed by atoms with Crippen molar-refractivity contribution in [1.29, 1.82) is 0 Å². The Labute approximate surface area is 125 Å². The molecule has 3 rings (SSSR count). The smallest absolute Gasteiger partial charge is 0.176 e. The average molecular weight is 287 g/mol. The number of ether oxygens (including phenoxy) is 1. The molecule has 1 aromatic carbocycles. The van der Waals surface area contributed by atoms with Crippen LogP contribution in [0, 0.1) is 5.92 Å². The first-order valence-corrected chi connectivity index (χ1v) is 7.71. The van der Waals surface area contributed by atoms with Crippen LogP contribution in [0.15, 0.2) is 18.2 Å². The number of piperidine rings is 1. The van der Waals surface area contributed by atoms with Gasteiger partial charge in [0.05, 0.1) is 13.2 Å². The van der Waals surface area contributed by atoms with Crippen LogP contribution in [0.2, 0.25) is 0 Å². The molecule has 1 atom stereocenters. The van der Waals surface area contributed by atoms with E-state index in [4.69, 9.17) is 4.74 Å². The number of likely N-dealkylation sites (tertiary alicyclic amines) is 1. The van der Waals surface area contributed by atoms with E-state index in [1.165, 1.54) is 0 Å². The van der Waals surface area contributed by atoms with Crippen molar-refractivity contribution in [3.8, 4) is 5.75 Å². The Kier molecular flexibility index (Phi) is 4.06. The quantitative estimate of drug-likeness (QED) is 0.796. The standard InChI is InChI=1S/C17H21NO3/c1-2-12-10-18(7-5-15(12)19)11-16(20)13-3-4-17-14(9-13)6-8-21-17/h3-4,9,12H,2,5-8,10-11H2,1H3. The zero-order chi connectivity index (χ0) is 14.8. The lowest BCUT2D eigenvalue weighted by Gasteiger charge is -2.30. The van der Waals surface area contributed by atoms with E-state index in [0.29, 0.717) is 31.9 Å². The van der Waals surface area contributed by atoms with Crippen LogP contribution in [0.25, 0.3) is 0 Å². The molecule has 112 valence electrons. The molecule has 4 heteroatoms. The van der Waals surface area contributed by atoms with E-state index in [0.717, 1.165) is 36.3 Å². The second-order valence-electron chi connectivity index (χ2n) is 5.90. The van der Waals surface area contributed by atoms with Crippen LogP contribution < -0.4 is 4.74 Å². The fraction of sp³-hybridized carbons (Fsp3) is 0.529. The summed E-state index contributed by atoms with van der Waals surface area (Å²) in [4.78, 5) is 26.3. The number of ketones is 2. The molecule has 0 radical (unpaired) electrons. The number of fused-ring (bicyclic) bond motifs is 1. The molecule has 0 aromatic heterocycles. The molecule has 4 nitrogen and oxygen atoms in total. The van der Waals surface area contributed by atoms with E-state index in [2.05, 4.69) is 4.90 Å². The minimum Gasteiger partial charge on any atom is -0.493 e. The average Bonchev–Trinajstić information content (AvgIpc) is 2.96. The van der Waals surface area contributed by atoms with Crippen LogP contribution in [-0.2, 0) is 11.2 Å². The normalized spacial score (nSPS) is 22.0. The van der Waals surface area contributed by atoms with Crippen LogP contribution in [0.5, 0.6) is 5.75 Å². The number of hydrogen-bond donors (Lipinski definition) is 0. The Morgan fingerprint density at radius 3 is 3.05 bits per heavy atom. The number of carbonyl (C=O) groups is 2. The molecule has 1 unspecified atom stereocenters. The summed E-state index contributed by atoms with van der Waals surface area (Å²) in [5.41, 5.74) is 1.88. The Morgan fingerprint density at radius 2 is 2.24 bits per heavy atom. The van der Waals surface area contributed by atoms with Crippen molar-refractivity contribution in [3.63, 3.8) is 0 Å². The van der Waals surface area contributed by atoms with Gasteiger partial charge in [-0.3, -0.25) is 14.5 Å². The Bertz CT molecular complexity index is 567. The molecule has 1 aromatic rings. The van der Waals surface area contributed by atoms with Gasteiger partial charge in [0.1, 0.15) is 11.5 Å². The monoisotopic (exact) mass is 287 g/mol. The van der Waals surface area contributed by atoms with Crippen LogP contribution in [0.1, 0.15) is 35.7 Å². The number of rotatable bonds is 4. The molecule has 0 bridgehead atoms. The van der Waals surface area contributed by atoms with Crippen molar-refractivity contribution in [2.45, 2.75) is 26.2 Å². The molecule has 0 aliphatic carbocycles. The number of nitrogens with zero attached hydrogens (tertiary/aromatic N) is 1. The number of hydrogen-bond acceptors (Lipinski definition) is 4. The minimum absolute atomic E-state index is 0.0972. The molecule has 0 amide bonds. The molecule has 0 saturated carbocycles. The SMILES string of the molecule is CCC1CN(CC(=O)c2ccc3c(c2)CCO3)CCC1=O. The molecule has 2 aliphatic heterocycles. The second-order valence-corrected chi connectivity index (χ2v) is 5.90. The summed E-state index contributed by atoms with van der Waals surface area (Å²) < 4.78 is 5.46. The highest BCUT2D eigenvalue weighted by molar-refractivity contribution is 5.98. The lowest BCUT2D eigenvalue weighted by molar-refractivity contribution is -0.126. The van der Waals surface area contributed by atoms with E-state index in [9.17, 15) is 9.59 Å². The van der Waals surface area contributed by atoms with E-state index < -0.39 is 0 Å². The van der Waals surface area contributed by atoms with Gasteiger partial charge < -0.3 is 4.74 Å². The summed E-state index contributed by atoms with van der Waals surface area (Å²) in [6.45, 7) is 4.57. The topological polar surface area (TPSA) is 46.6 Å². The molecular formula is C17H21NO3. The fourth-order valence-electron chi connectivity index (χ4n) is 3.13. The first-order valence-electron chi connectivity index (χ1n) is 7.71. The van der Waals surface area contributed by atoms with Gasteiger partial charge in [-0.05, 0) is 30.2 Å². The van der Waals surface area contributed by atoms with E-state index in [-0.39, 0.29) is 11.7 Å². The van der Waals surface area contributed by atoms with Crippen molar-refractivity contribution < 1.29 is 14.3 Å². The maximum absolute atomic E-state index is 12.4. The van der Waals surface area contributed by atoms with Crippen molar-refractivity contribution in [3.05, 3.63) is 29.3 Å². The Balaban J connectivity index is 1.65. The predicted octanol–water partition coefficient (Wildman–Crippen LogP) is 2.11. The largest absolute Gasteiger partial charge is 0.493 e. The van der Waals surface area contributed by atoms with Crippen molar-refractivity contribution in [2.24, 2.45) is 5.92 Å². The lowest BCUT2D eigenvalue weighted by atomic mass is 9.93. The summed E-state index contributed by atoms with van der Waals surface area (Å²) in [5, 5.41) is 0. The highest BCUT2D eigenvalue weighted by atomic mass is 16.5. The molecule has 1 fully saturated rings. The predicted molar refractivity (Wildman–Crippen MR) is 79.8 cm³/mol. The lowest BCUT2D eigenvalue weighted by Crippen LogP contribution is -2.42. The van der Waals surface area contributed by atoms with Crippen LogP contribution in [-0.4, -0.2) is 42.7 Å². The highest BCUT2D eigenvalue weighted by Gasteiger charge is 2.27. The first kappa shape index (κ1) is 14.3. The fourth-order valence-corrected chi connectivity index (χ4v) is 3.13. The number of Topliss-reactive ketones (excluding diaryl/α,β-unsaturated/α-hetero) is 2. The zero-order valence-electron chi connectivity index (χ0n) is 12.4. The first-order chi connectivity index (χ1) is 10.2. The van der Waals surface area contributed by atoms with E-state index in [1.54, 1.807) is 0 Å². The van der Waals surface area contributed by atoms with Crippen LogP contribution in [0.4, 0.5) is 0 Å². The van der Waals surface area contributed by atoms with E-state index in [1.807, 2.05) is 25.1 Å². The van der Waals surface area contributed by atoms with Gasteiger partial charge >= 0.3 is 0 Å². The van der Waals surface area contributed by atoms with E-state index >= 15 is 0 Å². The Morgan fingerprint density at radius 1 is 1.38 bits per heavy atom. The summed E-state index contributed by atoms with van der Waals surface area (Å²) in [7, 11) is 0. The summed E-state index contributed by atoms with van der Waals surface area (Å²) in [5.74, 6) is 1.48. The van der Waals surface area contributed by atoms with Gasteiger partial charge in [-0.15, -0.1) is 0 Å². The third kappa shape index (κ3) is 3.00. The third-order valence-electron chi connectivity index (χ3n) is 4.48. The minimum atomic E-state index is 0.0972. The molecule has 2 aliphatic rings. The molecule has 0 spiro atoms. The van der Waals surface area contributed by atoms with Crippen molar-refractivity contribution in [2.75, 3.05) is 26.2 Å². The summed E-state index contributed by atoms with van der Waals surface area (Å²) in [6, 6.07) is 5.69. The maximum atomic E-state index is 12.4. The van der Waals surface area contributed by atoms with Gasteiger partial charge in [0, 0.05) is 37.4 Å². The van der Waals surface area contributed by atoms with Gasteiger partial charge in [-0.1, -0.05) is 6.92 Å². The van der Waals surface area contributed by atoms with Gasteiger partial charge in [0.2, 0.25) is 0 Å². The van der Waals surface area contributed by atoms with Crippen LogP contribution >= 0.6 is 0 Å². The molecule has 21 heavy (non-hydrogen) atoms. The molecule has 2 heterocycles. The second kappa shape index (κ2) is 5.98. The van der Waals surface area contributed by atoms with Crippen molar-refractivity contribution >= 4 is 11.6 Å². The summed E-state index contributed by atoms with van der Waals surface area (Å²) >= 11 is 0. The van der Waals surface area contributed by atoms with Crippen LogP contribution in [0.3, 0.4) is 0 Å². The molecule has 0 N–H and O–H groups in total. The van der Waals surface area contributed by atoms with Gasteiger partial charge in [0.15, 0.2) is 5.78 Å². The summed E-state index contributed by atoms with van der Waals surface area (Å²) in [6.07, 6.45) is 2.32. The molecular weight excluding hydrogens is 266 g/mol. The Hall–Kier alpha value is -1.68. The van der Waals surface area contributed by atoms with Gasteiger partial charge in [0.25, 0.3) is 0 Å². The molecule has 1 saturated heterocycles. The maximum Gasteiger partial charge on any atom is 0.176 e.